The average molecular weight is 165 g/mol. The zero-order valence-electron chi connectivity index (χ0n) is 6.87. The molecule has 0 bridgehead atoms. The first-order chi connectivity index (χ1) is 5.59. The molecule has 0 aromatic carbocycles. The van der Waals surface area contributed by atoms with Crippen LogP contribution in [0.2, 0.25) is 0 Å². The Bertz CT molecular complexity index is 298. The number of carbonyl (C=O) groups is 1. The van der Waals surface area contributed by atoms with Gasteiger partial charge in [0.2, 0.25) is 0 Å². The topological polar surface area (TPSA) is 63.3 Å². The van der Waals surface area contributed by atoms with Crippen molar-refractivity contribution in [2.24, 2.45) is 5.73 Å². The molecule has 0 fully saturated rings. The zero-order chi connectivity index (χ0) is 9.14. The molecule has 3 nitrogen and oxygen atoms in total. The van der Waals surface area contributed by atoms with Crippen LogP contribution in [-0.4, -0.2) is 11.1 Å². The summed E-state index contributed by atoms with van der Waals surface area (Å²) in [4.78, 5) is 10.6. The summed E-state index contributed by atoms with van der Waals surface area (Å²) in [5.74, 6) is -0.937. The fourth-order valence-corrected chi connectivity index (χ4v) is 1.01. The van der Waals surface area contributed by atoms with Crippen molar-refractivity contribution in [2.45, 2.75) is 13.3 Å². The summed E-state index contributed by atoms with van der Waals surface area (Å²) in [5.41, 5.74) is 7.28. The van der Waals surface area contributed by atoms with Gasteiger partial charge >= 0.3 is 5.97 Å². The van der Waals surface area contributed by atoms with E-state index in [1.165, 1.54) is 6.08 Å². The Morgan fingerprint density at radius 2 is 2.25 bits per heavy atom. The van der Waals surface area contributed by atoms with Crippen LogP contribution < -0.4 is 5.73 Å². The van der Waals surface area contributed by atoms with Crippen LogP contribution >= 0.6 is 0 Å². The molecule has 0 saturated carbocycles. The van der Waals surface area contributed by atoms with E-state index in [4.69, 9.17) is 10.8 Å². The molecule has 0 saturated heterocycles. The maximum Gasteiger partial charge on any atom is 0.335 e. The van der Waals surface area contributed by atoms with Crippen molar-refractivity contribution in [3.05, 3.63) is 35.1 Å². The maximum atomic E-state index is 10.6. The molecule has 0 amide bonds. The average Bonchev–Trinajstić information content (AvgIpc) is 2.13. The Kier molecular flexibility index (Phi) is 2.33. The summed E-state index contributed by atoms with van der Waals surface area (Å²) in [6, 6.07) is 0. The zero-order valence-corrected chi connectivity index (χ0v) is 6.87. The van der Waals surface area contributed by atoms with E-state index < -0.39 is 5.97 Å². The summed E-state index contributed by atoms with van der Waals surface area (Å²) in [5, 5.41) is 8.70. The molecule has 1 rings (SSSR count). The molecule has 3 heteroatoms. The second-order valence-electron chi connectivity index (χ2n) is 2.80. The van der Waals surface area contributed by atoms with Crippen molar-refractivity contribution < 1.29 is 9.90 Å². The Morgan fingerprint density at radius 1 is 1.58 bits per heavy atom. The molecule has 3 N–H and O–H groups in total. The first kappa shape index (κ1) is 8.59. The van der Waals surface area contributed by atoms with Crippen molar-refractivity contribution in [3.8, 4) is 0 Å². The predicted molar refractivity (Wildman–Crippen MR) is 46.4 cm³/mol. The minimum Gasteiger partial charge on any atom is -0.478 e. The standard InChI is InChI=1S/C9H11NO2/c1-6-2-3-8(10)5-7(4-6)9(11)12/h3-5H,2,10H2,1H3,(H,11,12). The SMILES string of the molecule is CC1=CC(C(=O)O)=CC(N)=CC1. The molecule has 12 heavy (non-hydrogen) atoms. The van der Waals surface area contributed by atoms with Gasteiger partial charge in [0.05, 0.1) is 5.57 Å². The van der Waals surface area contributed by atoms with Gasteiger partial charge in [0, 0.05) is 5.70 Å². The number of allylic oxidation sites excluding steroid dienone is 3. The molecule has 0 aromatic rings. The molecule has 0 atom stereocenters. The van der Waals surface area contributed by atoms with Crippen LogP contribution in [0.4, 0.5) is 0 Å². The molecule has 0 spiro atoms. The van der Waals surface area contributed by atoms with E-state index in [1.807, 2.05) is 13.0 Å². The minimum atomic E-state index is -0.937. The van der Waals surface area contributed by atoms with Gasteiger partial charge in [-0.2, -0.15) is 0 Å². The third-order valence-corrected chi connectivity index (χ3v) is 1.63. The first-order valence-corrected chi connectivity index (χ1v) is 3.67. The number of hydrogen-bond acceptors (Lipinski definition) is 2. The lowest BCUT2D eigenvalue weighted by molar-refractivity contribution is -0.132. The monoisotopic (exact) mass is 165 g/mol. The van der Waals surface area contributed by atoms with Crippen LogP contribution in [0.5, 0.6) is 0 Å². The van der Waals surface area contributed by atoms with E-state index in [-0.39, 0.29) is 5.57 Å². The first-order valence-electron chi connectivity index (χ1n) is 3.67. The largest absolute Gasteiger partial charge is 0.478 e. The summed E-state index contributed by atoms with van der Waals surface area (Å²) < 4.78 is 0. The smallest absolute Gasteiger partial charge is 0.335 e. The van der Waals surface area contributed by atoms with Gasteiger partial charge in [-0.25, -0.2) is 4.79 Å². The van der Waals surface area contributed by atoms with E-state index in [0.29, 0.717) is 5.70 Å². The highest BCUT2D eigenvalue weighted by atomic mass is 16.4. The third-order valence-electron chi connectivity index (χ3n) is 1.63. The summed E-state index contributed by atoms with van der Waals surface area (Å²) in [6.45, 7) is 1.88. The van der Waals surface area contributed by atoms with Crippen molar-refractivity contribution >= 4 is 5.97 Å². The van der Waals surface area contributed by atoms with Gasteiger partial charge in [0.25, 0.3) is 0 Å². The van der Waals surface area contributed by atoms with Crippen molar-refractivity contribution in [3.63, 3.8) is 0 Å². The van der Waals surface area contributed by atoms with Gasteiger partial charge in [-0.1, -0.05) is 11.6 Å². The number of nitrogens with two attached hydrogens (primary N) is 1. The quantitative estimate of drug-likeness (QED) is 0.613. The highest BCUT2D eigenvalue weighted by Gasteiger charge is 2.06. The van der Waals surface area contributed by atoms with Crippen molar-refractivity contribution in [2.75, 3.05) is 0 Å². The third kappa shape index (κ3) is 1.99. The summed E-state index contributed by atoms with van der Waals surface area (Å²) in [6.07, 6.45) is 5.64. The van der Waals surface area contributed by atoms with E-state index >= 15 is 0 Å². The van der Waals surface area contributed by atoms with E-state index in [2.05, 4.69) is 0 Å². The van der Waals surface area contributed by atoms with E-state index in [9.17, 15) is 4.79 Å². The van der Waals surface area contributed by atoms with Crippen LogP contribution in [0, 0.1) is 0 Å². The van der Waals surface area contributed by atoms with Gasteiger partial charge in [-0.15, -0.1) is 0 Å². The summed E-state index contributed by atoms with van der Waals surface area (Å²) >= 11 is 0. The van der Waals surface area contributed by atoms with Gasteiger partial charge in [0.15, 0.2) is 0 Å². The van der Waals surface area contributed by atoms with Crippen LogP contribution in [0.1, 0.15) is 13.3 Å². The molecule has 0 aliphatic heterocycles. The molecule has 0 unspecified atom stereocenters. The highest BCUT2D eigenvalue weighted by Crippen LogP contribution is 2.13. The van der Waals surface area contributed by atoms with Crippen molar-refractivity contribution in [1.82, 2.24) is 0 Å². The maximum absolute atomic E-state index is 10.6. The van der Waals surface area contributed by atoms with Gasteiger partial charge in [-0.05, 0) is 25.5 Å². The Balaban J connectivity index is 3.03. The van der Waals surface area contributed by atoms with Crippen LogP contribution in [-0.2, 0) is 4.79 Å². The fraction of sp³-hybridized carbons (Fsp3) is 0.222. The lowest BCUT2D eigenvalue weighted by Crippen LogP contribution is -2.00. The van der Waals surface area contributed by atoms with Crippen LogP contribution in [0.3, 0.4) is 0 Å². The predicted octanol–water partition coefficient (Wildman–Crippen LogP) is 1.19. The number of carboxylic acids is 1. The molecule has 1 aliphatic rings. The van der Waals surface area contributed by atoms with E-state index in [1.54, 1.807) is 6.08 Å². The number of rotatable bonds is 1. The normalized spacial score (nSPS) is 17.2. The molecule has 1 aliphatic carbocycles. The fourth-order valence-electron chi connectivity index (χ4n) is 1.01. The molecular weight excluding hydrogens is 154 g/mol. The highest BCUT2D eigenvalue weighted by molar-refractivity contribution is 5.90. The van der Waals surface area contributed by atoms with Gasteiger partial charge < -0.3 is 10.8 Å². The Morgan fingerprint density at radius 3 is 2.83 bits per heavy atom. The van der Waals surface area contributed by atoms with Crippen LogP contribution in [0.25, 0.3) is 0 Å². The number of aliphatic carboxylic acids is 1. The van der Waals surface area contributed by atoms with E-state index in [0.717, 1.165) is 12.0 Å². The lowest BCUT2D eigenvalue weighted by atomic mass is 10.1. The summed E-state index contributed by atoms with van der Waals surface area (Å²) in [7, 11) is 0. The van der Waals surface area contributed by atoms with Crippen molar-refractivity contribution in [1.29, 1.82) is 0 Å². The minimum absolute atomic E-state index is 0.249. The second kappa shape index (κ2) is 3.26. The lowest BCUT2D eigenvalue weighted by Gasteiger charge is -1.93. The molecule has 0 heterocycles. The molecular formula is C9H11NO2. The Labute approximate surface area is 70.9 Å². The number of carboxylic acid groups (broad SMARTS) is 1. The molecule has 0 aromatic heterocycles. The van der Waals surface area contributed by atoms with Crippen LogP contribution in [0.15, 0.2) is 35.1 Å². The Hall–Kier alpha value is -1.51. The molecule has 0 radical (unpaired) electrons. The second-order valence-corrected chi connectivity index (χ2v) is 2.80. The number of hydrogen-bond donors (Lipinski definition) is 2. The molecule has 64 valence electrons. The van der Waals surface area contributed by atoms with Gasteiger partial charge in [0.1, 0.15) is 0 Å². The van der Waals surface area contributed by atoms with Gasteiger partial charge in [-0.3, -0.25) is 0 Å².